The van der Waals surface area contributed by atoms with E-state index in [2.05, 4.69) is 27.4 Å². The summed E-state index contributed by atoms with van der Waals surface area (Å²) in [6.45, 7) is 6.54. The molecule has 1 aromatic rings. The number of amides is 1. The van der Waals surface area contributed by atoms with E-state index in [1.807, 2.05) is 0 Å². The molecule has 0 aromatic carbocycles. The van der Waals surface area contributed by atoms with E-state index in [1.165, 1.54) is 0 Å². The monoisotopic (exact) mass is 292 g/mol. The smallest absolute Gasteiger partial charge is 0.255 e. The number of hydrogen-bond donors (Lipinski definition) is 2. The number of likely N-dealkylation sites (N-methyl/N-ethyl adjacent to an activating group) is 1. The van der Waals surface area contributed by atoms with Gasteiger partial charge in [-0.05, 0) is 25.1 Å². The van der Waals surface area contributed by atoms with Gasteiger partial charge >= 0.3 is 0 Å². The van der Waals surface area contributed by atoms with E-state index >= 15 is 0 Å². The molecule has 1 aliphatic heterocycles. The lowest BCUT2D eigenvalue weighted by molar-refractivity contribution is -0.0296. The van der Waals surface area contributed by atoms with Gasteiger partial charge in [0.15, 0.2) is 0 Å². The van der Waals surface area contributed by atoms with E-state index in [-0.39, 0.29) is 12.0 Å². The van der Waals surface area contributed by atoms with Crippen molar-refractivity contribution in [2.75, 3.05) is 45.2 Å². The molecule has 6 heteroatoms. The predicted molar refractivity (Wildman–Crippen MR) is 82.6 cm³/mol. The quantitative estimate of drug-likeness (QED) is 0.817. The first-order valence-corrected chi connectivity index (χ1v) is 7.49. The molecule has 0 saturated carbocycles. The summed E-state index contributed by atoms with van der Waals surface area (Å²) in [7, 11) is 1.76. The first-order valence-electron chi connectivity index (χ1n) is 7.49. The molecule has 2 rings (SSSR count). The Balaban J connectivity index is 1.79. The number of aromatic nitrogens is 1. The molecule has 116 valence electrons. The molecule has 2 N–H and O–H groups in total. The number of nitrogens with zero attached hydrogens (tertiary/aromatic N) is 2. The number of carbonyl (C=O) groups excluding carboxylic acids is 1. The second kappa shape index (κ2) is 7.95. The van der Waals surface area contributed by atoms with Gasteiger partial charge in [-0.2, -0.15) is 0 Å². The van der Waals surface area contributed by atoms with Crippen molar-refractivity contribution >= 4 is 11.7 Å². The fourth-order valence-electron chi connectivity index (χ4n) is 2.47. The Morgan fingerprint density at radius 1 is 1.57 bits per heavy atom. The van der Waals surface area contributed by atoms with E-state index in [0.29, 0.717) is 17.9 Å². The lowest BCUT2D eigenvalue weighted by Gasteiger charge is -2.32. The Morgan fingerprint density at radius 3 is 3.19 bits per heavy atom. The summed E-state index contributed by atoms with van der Waals surface area (Å²) < 4.78 is 5.72. The Labute approximate surface area is 125 Å². The topological polar surface area (TPSA) is 66.5 Å². The van der Waals surface area contributed by atoms with E-state index in [9.17, 15) is 4.79 Å². The van der Waals surface area contributed by atoms with E-state index < -0.39 is 0 Å². The lowest BCUT2D eigenvalue weighted by Crippen LogP contribution is -2.43. The highest BCUT2D eigenvalue weighted by atomic mass is 16.5. The third-order valence-corrected chi connectivity index (χ3v) is 3.71. The summed E-state index contributed by atoms with van der Waals surface area (Å²) in [5, 5.41) is 5.86. The Bertz CT molecular complexity index is 467. The molecular formula is C15H24N4O2. The first-order chi connectivity index (χ1) is 10.2. The van der Waals surface area contributed by atoms with Crippen LogP contribution in [0, 0.1) is 0 Å². The maximum absolute atomic E-state index is 12.1. The van der Waals surface area contributed by atoms with Crippen LogP contribution in [0.1, 0.15) is 23.7 Å². The largest absolute Gasteiger partial charge is 0.375 e. The highest BCUT2D eigenvalue weighted by molar-refractivity contribution is 5.98. The van der Waals surface area contributed by atoms with E-state index in [4.69, 9.17) is 4.74 Å². The van der Waals surface area contributed by atoms with E-state index in [0.717, 1.165) is 32.7 Å². The van der Waals surface area contributed by atoms with Crippen LogP contribution in [0.3, 0.4) is 0 Å². The molecule has 0 unspecified atom stereocenters. The van der Waals surface area contributed by atoms with Crippen LogP contribution >= 0.6 is 0 Å². The number of rotatable bonds is 6. The lowest BCUT2D eigenvalue weighted by atomic mass is 10.2. The third-order valence-electron chi connectivity index (χ3n) is 3.71. The van der Waals surface area contributed by atoms with Crippen molar-refractivity contribution < 1.29 is 9.53 Å². The Morgan fingerprint density at radius 2 is 2.43 bits per heavy atom. The summed E-state index contributed by atoms with van der Waals surface area (Å²) in [5.74, 6) is 0.497. The van der Waals surface area contributed by atoms with Crippen LogP contribution in [0.15, 0.2) is 18.3 Å². The van der Waals surface area contributed by atoms with Gasteiger partial charge in [-0.3, -0.25) is 9.69 Å². The van der Waals surface area contributed by atoms with Crippen LogP contribution in [0.2, 0.25) is 0 Å². The molecular weight excluding hydrogens is 268 g/mol. The second-order valence-corrected chi connectivity index (χ2v) is 5.08. The molecule has 1 aliphatic rings. The summed E-state index contributed by atoms with van der Waals surface area (Å²) in [6, 6.07) is 3.53. The van der Waals surface area contributed by atoms with Crippen LogP contribution in [-0.2, 0) is 4.74 Å². The number of morpholine rings is 1. The first kappa shape index (κ1) is 15.7. The van der Waals surface area contributed by atoms with Crippen LogP contribution in [0.25, 0.3) is 0 Å². The van der Waals surface area contributed by atoms with Crippen molar-refractivity contribution in [1.82, 2.24) is 15.2 Å². The molecule has 1 saturated heterocycles. The molecule has 0 spiro atoms. The van der Waals surface area contributed by atoms with Gasteiger partial charge in [0.1, 0.15) is 5.82 Å². The third kappa shape index (κ3) is 4.41. The molecule has 21 heavy (non-hydrogen) atoms. The number of anilines is 1. The molecule has 1 fully saturated rings. The maximum atomic E-state index is 12.1. The van der Waals surface area contributed by atoms with Gasteiger partial charge in [0.25, 0.3) is 5.91 Å². The standard InChI is InChI=1S/C15H24N4O2/c1-3-19-9-10-21-12(11-19)6-8-18-15(20)13-5-4-7-17-14(13)16-2/h4-5,7,12H,3,6,8-11H2,1-2H3,(H,16,17)(H,18,20)/t12-/m0/s1. The maximum Gasteiger partial charge on any atom is 0.255 e. The van der Waals surface area contributed by atoms with Gasteiger partial charge in [0.05, 0.1) is 18.3 Å². The SMILES string of the molecule is CCN1CCO[C@@H](CCNC(=O)c2cccnc2NC)C1. The van der Waals surface area contributed by atoms with Gasteiger partial charge < -0.3 is 15.4 Å². The van der Waals surface area contributed by atoms with E-state index in [1.54, 1.807) is 25.4 Å². The zero-order valence-corrected chi connectivity index (χ0v) is 12.8. The minimum atomic E-state index is -0.101. The zero-order valence-electron chi connectivity index (χ0n) is 12.8. The minimum absolute atomic E-state index is 0.101. The molecule has 1 atom stereocenters. The van der Waals surface area contributed by atoms with Crippen LogP contribution in [0.4, 0.5) is 5.82 Å². The Kier molecular flexibility index (Phi) is 5.95. The Hall–Kier alpha value is -1.66. The van der Waals surface area contributed by atoms with Gasteiger partial charge in [-0.25, -0.2) is 4.98 Å². The summed E-state index contributed by atoms with van der Waals surface area (Å²) in [4.78, 5) is 18.6. The molecule has 1 amide bonds. The van der Waals surface area contributed by atoms with Crippen LogP contribution in [-0.4, -0.2) is 61.7 Å². The van der Waals surface area contributed by atoms with Gasteiger partial charge in [0.2, 0.25) is 0 Å². The van der Waals surface area contributed by atoms with Crippen LogP contribution in [0.5, 0.6) is 0 Å². The number of carbonyl (C=O) groups is 1. The van der Waals surface area contributed by atoms with Gasteiger partial charge in [-0.1, -0.05) is 6.92 Å². The fraction of sp³-hybridized carbons (Fsp3) is 0.600. The minimum Gasteiger partial charge on any atom is -0.375 e. The summed E-state index contributed by atoms with van der Waals surface area (Å²) in [5.41, 5.74) is 0.569. The number of nitrogens with one attached hydrogen (secondary N) is 2. The predicted octanol–water partition coefficient (Wildman–Crippen LogP) is 0.964. The molecule has 0 radical (unpaired) electrons. The van der Waals surface area contributed by atoms with Crippen molar-refractivity contribution in [2.24, 2.45) is 0 Å². The van der Waals surface area contributed by atoms with Crippen molar-refractivity contribution in [1.29, 1.82) is 0 Å². The highest BCUT2D eigenvalue weighted by Crippen LogP contribution is 2.11. The molecule has 0 bridgehead atoms. The second-order valence-electron chi connectivity index (χ2n) is 5.08. The normalized spacial score (nSPS) is 19.2. The van der Waals surface area contributed by atoms with Crippen molar-refractivity contribution in [3.05, 3.63) is 23.9 Å². The molecule has 6 nitrogen and oxygen atoms in total. The van der Waals surface area contributed by atoms with Crippen LogP contribution < -0.4 is 10.6 Å². The number of ether oxygens (including phenoxy) is 1. The number of pyridine rings is 1. The average Bonchev–Trinajstić information content (AvgIpc) is 2.55. The fourth-order valence-corrected chi connectivity index (χ4v) is 2.47. The zero-order chi connectivity index (χ0) is 15.1. The summed E-state index contributed by atoms with van der Waals surface area (Å²) in [6.07, 6.45) is 2.70. The molecule has 1 aromatic heterocycles. The van der Waals surface area contributed by atoms with Crippen molar-refractivity contribution in [3.8, 4) is 0 Å². The molecule has 0 aliphatic carbocycles. The highest BCUT2D eigenvalue weighted by Gasteiger charge is 2.19. The summed E-state index contributed by atoms with van der Waals surface area (Å²) >= 11 is 0. The number of hydrogen-bond acceptors (Lipinski definition) is 5. The van der Waals surface area contributed by atoms with Gasteiger partial charge in [0, 0.05) is 32.9 Å². The van der Waals surface area contributed by atoms with Gasteiger partial charge in [-0.15, -0.1) is 0 Å². The molecule has 2 heterocycles. The average molecular weight is 292 g/mol. The van der Waals surface area contributed by atoms with Crippen molar-refractivity contribution in [3.63, 3.8) is 0 Å². The van der Waals surface area contributed by atoms with Crippen molar-refractivity contribution in [2.45, 2.75) is 19.4 Å².